The monoisotopic (exact) mass is 185 g/mol. The van der Waals surface area contributed by atoms with Crippen LogP contribution < -0.4 is 0 Å². The van der Waals surface area contributed by atoms with Crippen LogP contribution in [0.4, 0.5) is 0 Å². The van der Waals surface area contributed by atoms with E-state index in [1.165, 1.54) is 6.42 Å². The topological polar surface area (TPSA) is 23.5 Å². The van der Waals surface area contributed by atoms with Crippen molar-refractivity contribution in [3.8, 4) is 0 Å². The van der Waals surface area contributed by atoms with E-state index in [4.69, 9.17) is 0 Å². The number of rotatable bonds is 1. The fourth-order valence-corrected chi connectivity index (χ4v) is 2.77. The lowest BCUT2D eigenvalue weighted by Gasteiger charge is -2.51. The molecule has 13 heavy (non-hydrogen) atoms. The first-order chi connectivity index (χ1) is 5.79. The molecule has 1 rings (SSSR count). The molecule has 1 fully saturated rings. The summed E-state index contributed by atoms with van der Waals surface area (Å²) in [5, 5.41) is 11.6. The van der Waals surface area contributed by atoms with E-state index in [-0.39, 0.29) is 11.1 Å². The van der Waals surface area contributed by atoms with Gasteiger partial charge in [0.2, 0.25) is 0 Å². The van der Waals surface area contributed by atoms with E-state index in [0.717, 1.165) is 18.8 Å². The Morgan fingerprint density at radius 3 is 1.85 bits per heavy atom. The lowest BCUT2D eigenvalue weighted by atomic mass is 9.74. The third-order valence-corrected chi connectivity index (χ3v) is 3.30. The van der Waals surface area contributed by atoms with Gasteiger partial charge in [0.1, 0.15) is 0 Å². The highest BCUT2D eigenvalue weighted by Crippen LogP contribution is 2.40. The Hall–Kier alpha value is -0.0800. The maximum Gasteiger partial charge on any atom is 0.0413 e. The molecule has 0 amide bonds. The van der Waals surface area contributed by atoms with Gasteiger partial charge in [-0.15, -0.1) is 0 Å². The molecule has 1 N–H and O–H groups in total. The molecule has 0 aromatic carbocycles. The number of piperidine rings is 1. The lowest BCUT2D eigenvalue weighted by Crippen LogP contribution is -2.58. The minimum atomic E-state index is -0.0670. The van der Waals surface area contributed by atoms with Gasteiger partial charge >= 0.3 is 0 Å². The van der Waals surface area contributed by atoms with Gasteiger partial charge in [0, 0.05) is 11.1 Å². The predicted molar refractivity (Wildman–Crippen MR) is 54.8 cm³/mol. The Morgan fingerprint density at radius 1 is 1.15 bits per heavy atom. The van der Waals surface area contributed by atoms with E-state index < -0.39 is 0 Å². The van der Waals surface area contributed by atoms with E-state index in [2.05, 4.69) is 34.6 Å². The summed E-state index contributed by atoms with van der Waals surface area (Å²) in [6.07, 6.45) is 3.42. The van der Waals surface area contributed by atoms with Gasteiger partial charge in [0.25, 0.3) is 0 Å². The van der Waals surface area contributed by atoms with Crippen LogP contribution in [-0.2, 0) is 0 Å². The number of hydroxylamine groups is 2. The first-order valence-corrected chi connectivity index (χ1v) is 5.29. The van der Waals surface area contributed by atoms with Crippen molar-refractivity contribution in [3.05, 3.63) is 0 Å². The van der Waals surface area contributed by atoms with Crippen LogP contribution in [0.2, 0.25) is 0 Å². The Morgan fingerprint density at radius 2 is 1.54 bits per heavy atom. The minimum absolute atomic E-state index is 0.0670. The van der Waals surface area contributed by atoms with Crippen LogP contribution in [0.1, 0.15) is 53.9 Å². The third-order valence-electron chi connectivity index (χ3n) is 3.30. The standard InChI is InChI=1S/C11H23NO/c1-6-9-7-10(2,3)12(13)11(4,5)8-9/h9,13H,6-8H2,1-5H3. The molecule has 0 aromatic rings. The summed E-state index contributed by atoms with van der Waals surface area (Å²) in [6.45, 7) is 10.7. The van der Waals surface area contributed by atoms with E-state index in [9.17, 15) is 5.21 Å². The van der Waals surface area contributed by atoms with Gasteiger partial charge in [-0.1, -0.05) is 13.3 Å². The Kier molecular flexibility index (Phi) is 2.75. The summed E-state index contributed by atoms with van der Waals surface area (Å²) in [7, 11) is 0. The van der Waals surface area contributed by atoms with E-state index >= 15 is 0 Å². The molecule has 0 atom stereocenters. The predicted octanol–water partition coefficient (Wildman–Crippen LogP) is 3.05. The second kappa shape index (κ2) is 3.25. The summed E-state index contributed by atoms with van der Waals surface area (Å²) in [5.41, 5.74) is -0.134. The fraction of sp³-hybridized carbons (Fsp3) is 1.00. The molecular weight excluding hydrogens is 162 g/mol. The summed E-state index contributed by atoms with van der Waals surface area (Å²) in [4.78, 5) is 0. The largest absolute Gasteiger partial charge is 0.313 e. The van der Waals surface area contributed by atoms with Crippen molar-refractivity contribution in [2.75, 3.05) is 0 Å². The van der Waals surface area contributed by atoms with Crippen molar-refractivity contribution in [1.82, 2.24) is 5.06 Å². The molecule has 1 heterocycles. The maximum atomic E-state index is 10.0. The zero-order valence-electron chi connectivity index (χ0n) is 9.59. The smallest absolute Gasteiger partial charge is 0.0413 e. The molecule has 1 aliphatic rings. The summed E-state index contributed by atoms with van der Waals surface area (Å²) in [5.74, 6) is 0.758. The fourth-order valence-electron chi connectivity index (χ4n) is 2.77. The van der Waals surface area contributed by atoms with Crippen LogP contribution in [-0.4, -0.2) is 21.3 Å². The molecule has 78 valence electrons. The molecule has 0 radical (unpaired) electrons. The summed E-state index contributed by atoms with van der Waals surface area (Å²) >= 11 is 0. The van der Waals surface area contributed by atoms with Crippen LogP contribution in [0.5, 0.6) is 0 Å². The number of hydrogen-bond acceptors (Lipinski definition) is 2. The van der Waals surface area contributed by atoms with E-state index in [1.54, 1.807) is 5.06 Å². The molecule has 0 aromatic heterocycles. The number of hydrogen-bond donors (Lipinski definition) is 1. The summed E-state index contributed by atoms with van der Waals surface area (Å²) < 4.78 is 0. The number of nitrogens with zero attached hydrogens (tertiary/aromatic N) is 1. The van der Waals surface area contributed by atoms with Crippen molar-refractivity contribution in [2.45, 2.75) is 65.0 Å². The quantitative estimate of drug-likeness (QED) is 0.678. The highest BCUT2D eigenvalue weighted by atomic mass is 16.5. The molecule has 1 saturated heterocycles. The zero-order chi connectivity index (χ0) is 10.3. The lowest BCUT2D eigenvalue weighted by molar-refractivity contribution is -0.251. The van der Waals surface area contributed by atoms with Gasteiger partial charge in [0.05, 0.1) is 0 Å². The Balaban J connectivity index is 2.82. The molecule has 2 nitrogen and oxygen atoms in total. The van der Waals surface area contributed by atoms with Crippen molar-refractivity contribution < 1.29 is 5.21 Å². The van der Waals surface area contributed by atoms with Gasteiger partial charge in [-0.05, 0) is 46.5 Å². The van der Waals surface area contributed by atoms with Gasteiger partial charge in [0.15, 0.2) is 0 Å². The van der Waals surface area contributed by atoms with Crippen molar-refractivity contribution in [1.29, 1.82) is 0 Å². The molecule has 0 spiro atoms. The first kappa shape index (κ1) is 11.0. The first-order valence-electron chi connectivity index (χ1n) is 5.29. The van der Waals surface area contributed by atoms with Crippen LogP contribution in [0.15, 0.2) is 0 Å². The van der Waals surface area contributed by atoms with E-state index in [1.807, 2.05) is 0 Å². The van der Waals surface area contributed by atoms with Crippen LogP contribution in [0, 0.1) is 5.92 Å². The zero-order valence-corrected chi connectivity index (χ0v) is 9.59. The molecular formula is C11H23NO. The minimum Gasteiger partial charge on any atom is -0.313 e. The highest BCUT2D eigenvalue weighted by molar-refractivity contribution is 4.95. The average molecular weight is 185 g/mol. The van der Waals surface area contributed by atoms with Crippen LogP contribution >= 0.6 is 0 Å². The average Bonchev–Trinajstić information content (AvgIpc) is 1.99. The van der Waals surface area contributed by atoms with Gasteiger partial charge in [-0.2, -0.15) is 5.06 Å². The van der Waals surface area contributed by atoms with Gasteiger partial charge in [-0.25, -0.2) is 0 Å². The van der Waals surface area contributed by atoms with Crippen LogP contribution in [0.3, 0.4) is 0 Å². The highest BCUT2D eigenvalue weighted by Gasteiger charge is 2.44. The molecule has 1 aliphatic heterocycles. The molecule has 0 bridgehead atoms. The molecule has 2 heteroatoms. The summed E-state index contributed by atoms with van der Waals surface area (Å²) in [6, 6.07) is 0. The van der Waals surface area contributed by atoms with Gasteiger partial charge < -0.3 is 5.21 Å². The molecule has 0 saturated carbocycles. The second-order valence-electron chi connectivity index (χ2n) is 5.62. The van der Waals surface area contributed by atoms with Gasteiger partial charge in [-0.3, -0.25) is 0 Å². The Bertz CT molecular complexity index is 169. The van der Waals surface area contributed by atoms with Crippen molar-refractivity contribution in [2.24, 2.45) is 5.92 Å². The van der Waals surface area contributed by atoms with Crippen molar-refractivity contribution in [3.63, 3.8) is 0 Å². The van der Waals surface area contributed by atoms with E-state index in [0.29, 0.717) is 0 Å². The second-order valence-corrected chi connectivity index (χ2v) is 5.62. The normalized spacial score (nSPS) is 29.1. The SMILES string of the molecule is CCC1CC(C)(C)N(O)C(C)(C)C1. The third kappa shape index (κ3) is 2.05. The molecule has 0 unspecified atom stereocenters. The van der Waals surface area contributed by atoms with Crippen molar-refractivity contribution >= 4 is 0 Å². The maximum absolute atomic E-state index is 10.0. The Labute approximate surface area is 81.9 Å². The molecule has 0 aliphatic carbocycles. The van der Waals surface area contributed by atoms with Crippen LogP contribution in [0.25, 0.3) is 0 Å².